The molecule has 2 aromatic carbocycles. The summed E-state index contributed by atoms with van der Waals surface area (Å²) >= 11 is 5.87. The molecule has 5 nitrogen and oxygen atoms in total. The van der Waals surface area contributed by atoms with Crippen LogP contribution in [-0.4, -0.2) is 15.7 Å². The molecule has 126 valence electrons. The van der Waals surface area contributed by atoms with Gasteiger partial charge in [0.25, 0.3) is 5.56 Å². The summed E-state index contributed by atoms with van der Waals surface area (Å²) in [6.07, 6.45) is 0. The molecule has 1 heterocycles. The van der Waals surface area contributed by atoms with Crippen LogP contribution in [0.5, 0.6) is 0 Å². The van der Waals surface area contributed by atoms with Crippen molar-refractivity contribution in [3.8, 4) is 11.3 Å². The van der Waals surface area contributed by atoms with E-state index < -0.39 is 5.97 Å². The fourth-order valence-corrected chi connectivity index (χ4v) is 2.37. The van der Waals surface area contributed by atoms with Crippen LogP contribution in [0, 0.1) is 0 Å². The number of hydrogen-bond acceptors (Lipinski definition) is 4. The molecule has 0 N–H and O–H groups in total. The molecule has 25 heavy (non-hydrogen) atoms. The average molecular weight is 355 g/mol. The van der Waals surface area contributed by atoms with Gasteiger partial charge in [0.2, 0.25) is 0 Å². The van der Waals surface area contributed by atoms with Crippen LogP contribution < -0.4 is 5.56 Å². The van der Waals surface area contributed by atoms with Crippen molar-refractivity contribution in [1.29, 1.82) is 0 Å². The third-order valence-corrected chi connectivity index (χ3v) is 3.78. The summed E-state index contributed by atoms with van der Waals surface area (Å²) in [4.78, 5) is 23.9. The number of carbonyl (C=O) groups is 1. The van der Waals surface area contributed by atoms with Crippen LogP contribution in [0.2, 0.25) is 5.02 Å². The second-order valence-corrected chi connectivity index (χ2v) is 5.80. The summed E-state index contributed by atoms with van der Waals surface area (Å²) in [7, 11) is 0. The van der Waals surface area contributed by atoms with Crippen molar-refractivity contribution in [2.75, 3.05) is 0 Å². The first-order chi connectivity index (χ1) is 12.1. The van der Waals surface area contributed by atoms with Crippen LogP contribution in [0.1, 0.15) is 5.56 Å². The third-order valence-electron chi connectivity index (χ3n) is 3.53. The van der Waals surface area contributed by atoms with Crippen molar-refractivity contribution in [2.45, 2.75) is 13.2 Å². The molecule has 1 aromatic heterocycles. The maximum absolute atomic E-state index is 12.0. The minimum absolute atomic E-state index is 0.158. The molecule has 0 radical (unpaired) electrons. The summed E-state index contributed by atoms with van der Waals surface area (Å²) in [6, 6.07) is 19.4. The summed E-state index contributed by atoms with van der Waals surface area (Å²) in [5.74, 6) is -0.522. The van der Waals surface area contributed by atoms with Gasteiger partial charge in [-0.1, -0.05) is 54.1 Å². The summed E-state index contributed by atoms with van der Waals surface area (Å²) < 4.78 is 6.29. The molecule has 0 aliphatic carbocycles. The molecule has 0 bridgehead atoms. The van der Waals surface area contributed by atoms with Crippen LogP contribution in [0.4, 0.5) is 0 Å². The minimum atomic E-state index is -0.522. The number of carbonyl (C=O) groups excluding carboxylic acids is 1. The quantitative estimate of drug-likeness (QED) is 0.659. The van der Waals surface area contributed by atoms with Gasteiger partial charge in [-0.25, -0.2) is 4.68 Å². The average Bonchev–Trinajstić information content (AvgIpc) is 2.63. The Hall–Kier alpha value is -2.92. The molecule has 6 heteroatoms. The topological polar surface area (TPSA) is 61.2 Å². The Balaban J connectivity index is 1.71. The number of hydrogen-bond donors (Lipinski definition) is 0. The Morgan fingerprint density at radius 1 is 1.00 bits per heavy atom. The van der Waals surface area contributed by atoms with E-state index in [1.807, 2.05) is 30.3 Å². The van der Waals surface area contributed by atoms with Crippen molar-refractivity contribution in [3.63, 3.8) is 0 Å². The van der Waals surface area contributed by atoms with E-state index >= 15 is 0 Å². The van der Waals surface area contributed by atoms with Crippen LogP contribution in [0.3, 0.4) is 0 Å². The fraction of sp³-hybridized carbons (Fsp3) is 0.105. The van der Waals surface area contributed by atoms with Crippen LogP contribution >= 0.6 is 11.6 Å². The Morgan fingerprint density at radius 2 is 1.72 bits per heavy atom. The Bertz CT molecular complexity index is 921. The van der Waals surface area contributed by atoms with Gasteiger partial charge in [-0.15, -0.1) is 0 Å². The Kier molecular flexibility index (Phi) is 5.26. The highest BCUT2D eigenvalue weighted by molar-refractivity contribution is 6.30. The number of rotatable bonds is 5. The molecule has 0 saturated heterocycles. The van der Waals surface area contributed by atoms with E-state index in [1.54, 1.807) is 30.3 Å². The molecular weight excluding hydrogens is 340 g/mol. The molecule has 0 spiro atoms. The van der Waals surface area contributed by atoms with Gasteiger partial charge >= 0.3 is 5.97 Å². The van der Waals surface area contributed by atoms with Gasteiger partial charge in [-0.05, 0) is 23.8 Å². The van der Waals surface area contributed by atoms with Gasteiger partial charge in [0.15, 0.2) is 0 Å². The number of halogens is 1. The smallest absolute Gasteiger partial charge is 0.328 e. The van der Waals surface area contributed by atoms with E-state index in [1.165, 1.54) is 6.07 Å². The van der Waals surface area contributed by atoms with Crippen LogP contribution in [0.15, 0.2) is 71.5 Å². The van der Waals surface area contributed by atoms with Crippen molar-refractivity contribution in [1.82, 2.24) is 9.78 Å². The first kappa shape index (κ1) is 16.9. The molecule has 0 fully saturated rings. The van der Waals surface area contributed by atoms with E-state index in [9.17, 15) is 9.59 Å². The van der Waals surface area contributed by atoms with E-state index in [0.29, 0.717) is 10.7 Å². The first-order valence-corrected chi connectivity index (χ1v) is 8.03. The Morgan fingerprint density at radius 3 is 2.44 bits per heavy atom. The third kappa shape index (κ3) is 4.55. The maximum atomic E-state index is 12.0. The molecule has 0 amide bonds. The van der Waals surface area contributed by atoms with Crippen LogP contribution in [0.25, 0.3) is 11.3 Å². The number of ether oxygens (including phenoxy) is 1. The molecule has 0 saturated carbocycles. The monoisotopic (exact) mass is 354 g/mol. The van der Waals surface area contributed by atoms with Gasteiger partial charge in [-0.3, -0.25) is 9.59 Å². The maximum Gasteiger partial charge on any atom is 0.328 e. The standard InChI is InChI=1S/C19H15ClN2O3/c20-16-8-6-15(7-9-16)17-10-11-18(23)22(21-17)12-19(24)25-13-14-4-2-1-3-5-14/h1-11H,12-13H2. The number of nitrogens with zero attached hydrogens (tertiary/aromatic N) is 2. The van der Waals surface area contributed by atoms with Crippen LogP contribution in [-0.2, 0) is 22.7 Å². The normalized spacial score (nSPS) is 10.4. The molecule has 0 unspecified atom stereocenters. The zero-order chi connectivity index (χ0) is 17.6. The molecular formula is C19H15ClN2O3. The number of esters is 1. The highest BCUT2D eigenvalue weighted by atomic mass is 35.5. The largest absolute Gasteiger partial charge is 0.459 e. The van der Waals surface area contributed by atoms with E-state index in [4.69, 9.17) is 16.3 Å². The predicted octanol–water partition coefficient (Wildman–Crippen LogP) is 3.31. The van der Waals surface area contributed by atoms with E-state index in [-0.39, 0.29) is 18.7 Å². The van der Waals surface area contributed by atoms with E-state index in [2.05, 4.69) is 5.10 Å². The van der Waals surface area contributed by atoms with Gasteiger partial charge in [0.05, 0.1) is 5.69 Å². The lowest BCUT2D eigenvalue weighted by molar-refractivity contribution is -0.146. The fourth-order valence-electron chi connectivity index (χ4n) is 2.24. The van der Waals surface area contributed by atoms with Gasteiger partial charge < -0.3 is 4.74 Å². The van der Waals surface area contributed by atoms with Gasteiger partial charge in [0, 0.05) is 16.7 Å². The zero-order valence-corrected chi connectivity index (χ0v) is 14.0. The number of benzene rings is 2. The second-order valence-electron chi connectivity index (χ2n) is 5.37. The van der Waals surface area contributed by atoms with Gasteiger partial charge in [-0.2, -0.15) is 5.10 Å². The SMILES string of the molecule is O=C(Cn1nc(-c2ccc(Cl)cc2)ccc1=O)OCc1ccccc1. The molecule has 0 aliphatic rings. The lowest BCUT2D eigenvalue weighted by atomic mass is 10.1. The Labute approximate surface area is 149 Å². The predicted molar refractivity (Wildman–Crippen MR) is 95.2 cm³/mol. The first-order valence-electron chi connectivity index (χ1n) is 7.65. The molecule has 0 atom stereocenters. The van der Waals surface area contributed by atoms with E-state index in [0.717, 1.165) is 15.8 Å². The van der Waals surface area contributed by atoms with Crippen molar-refractivity contribution in [3.05, 3.63) is 87.7 Å². The highest BCUT2D eigenvalue weighted by Crippen LogP contribution is 2.18. The lowest BCUT2D eigenvalue weighted by Gasteiger charge is -2.08. The number of aromatic nitrogens is 2. The lowest BCUT2D eigenvalue weighted by Crippen LogP contribution is -2.27. The molecule has 3 aromatic rings. The van der Waals surface area contributed by atoms with Gasteiger partial charge in [0.1, 0.15) is 13.2 Å². The van der Waals surface area contributed by atoms with Crippen molar-refractivity contribution in [2.24, 2.45) is 0 Å². The zero-order valence-electron chi connectivity index (χ0n) is 13.3. The molecule has 0 aliphatic heterocycles. The summed E-state index contributed by atoms with van der Waals surface area (Å²) in [5, 5.41) is 4.84. The summed E-state index contributed by atoms with van der Waals surface area (Å²) in [5.41, 5.74) is 1.89. The van der Waals surface area contributed by atoms with Crippen molar-refractivity contribution >= 4 is 17.6 Å². The summed E-state index contributed by atoms with van der Waals surface area (Å²) in [6.45, 7) is -0.0849. The highest BCUT2D eigenvalue weighted by Gasteiger charge is 2.09. The minimum Gasteiger partial charge on any atom is -0.459 e. The molecule has 3 rings (SSSR count). The second kappa shape index (κ2) is 7.77. The van der Waals surface area contributed by atoms with Crippen molar-refractivity contribution < 1.29 is 9.53 Å².